The molecule has 0 aliphatic heterocycles. The van der Waals surface area contributed by atoms with E-state index >= 15 is 0 Å². The Kier molecular flexibility index (Phi) is 2.11. The summed E-state index contributed by atoms with van der Waals surface area (Å²) < 4.78 is 0. The number of anilines is 1. The van der Waals surface area contributed by atoms with Gasteiger partial charge in [0.05, 0.1) is 5.39 Å². The first-order valence-electron chi connectivity index (χ1n) is 4.81. The summed E-state index contributed by atoms with van der Waals surface area (Å²) in [4.78, 5) is 11.4. The van der Waals surface area contributed by atoms with Crippen LogP contribution in [0.1, 0.15) is 24.6 Å². The number of rotatable bonds is 2. The highest BCUT2D eigenvalue weighted by molar-refractivity contribution is 5.90. The first-order valence-corrected chi connectivity index (χ1v) is 4.81. The van der Waals surface area contributed by atoms with Gasteiger partial charge in [0.25, 0.3) is 0 Å². The lowest BCUT2D eigenvalue weighted by Crippen LogP contribution is -1.92. The molecule has 4 nitrogen and oxygen atoms in total. The van der Waals surface area contributed by atoms with Crippen LogP contribution in [0.2, 0.25) is 0 Å². The van der Waals surface area contributed by atoms with Crippen LogP contribution in [0.15, 0.2) is 6.33 Å². The standard InChI is InChI=1S/C10H14N4/c1-3-4-7-6(2)8-9(11)12-5-13-10(8)14-7/h5H,3-4H2,1-2H3,(H3,11,12,13,14). The van der Waals surface area contributed by atoms with E-state index < -0.39 is 0 Å². The molecule has 0 spiro atoms. The van der Waals surface area contributed by atoms with Crippen molar-refractivity contribution in [1.29, 1.82) is 0 Å². The molecular weight excluding hydrogens is 176 g/mol. The van der Waals surface area contributed by atoms with Crippen molar-refractivity contribution >= 4 is 16.9 Å². The molecular formula is C10H14N4. The Morgan fingerprint density at radius 1 is 1.43 bits per heavy atom. The zero-order valence-corrected chi connectivity index (χ0v) is 8.46. The second-order valence-corrected chi connectivity index (χ2v) is 3.46. The van der Waals surface area contributed by atoms with Crippen molar-refractivity contribution in [3.8, 4) is 0 Å². The Bertz CT molecular complexity index is 458. The maximum atomic E-state index is 5.80. The van der Waals surface area contributed by atoms with E-state index in [2.05, 4.69) is 28.8 Å². The van der Waals surface area contributed by atoms with Gasteiger partial charge in [0.15, 0.2) is 0 Å². The quantitative estimate of drug-likeness (QED) is 0.758. The van der Waals surface area contributed by atoms with E-state index in [1.807, 2.05) is 0 Å². The minimum Gasteiger partial charge on any atom is -0.383 e. The van der Waals surface area contributed by atoms with Gasteiger partial charge in [-0.3, -0.25) is 0 Å². The van der Waals surface area contributed by atoms with E-state index in [1.54, 1.807) is 0 Å². The number of hydrogen-bond acceptors (Lipinski definition) is 3. The first-order chi connectivity index (χ1) is 6.74. The summed E-state index contributed by atoms with van der Waals surface area (Å²) in [6, 6.07) is 0. The van der Waals surface area contributed by atoms with Gasteiger partial charge in [-0.1, -0.05) is 13.3 Å². The predicted molar refractivity (Wildman–Crippen MR) is 57.0 cm³/mol. The number of fused-ring (bicyclic) bond motifs is 1. The molecule has 2 rings (SSSR count). The predicted octanol–water partition coefficient (Wildman–Crippen LogP) is 1.80. The van der Waals surface area contributed by atoms with Crippen molar-refractivity contribution in [2.24, 2.45) is 0 Å². The maximum absolute atomic E-state index is 5.80. The van der Waals surface area contributed by atoms with Crippen molar-refractivity contribution in [2.45, 2.75) is 26.7 Å². The van der Waals surface area contributed by atoms with Gasteiger partial charge in [-0.25, -0.2) is 9.97 Å². The lowest BCUT2D eigenvalue weighted by molar-refractivity contribution is 0.886. The van der Waals surface area contributed by atoms with Gasteiger partial charge in [-0.2, -0.15) is 0 Å². The highest BCUT2D eigenvalue weighted by Crippen LogP contribution is 2.24. The van der Waals surface area contributed by atoms with Crippen LogP contribution < -0.4 is 5.73 Å². The molecule has 0 radical (unpaired) electrons. The Labute approximate surface area is 82.6 Å². The molecule has 4 heteroatoms. The SMILES string of the molecule is CCCc1[nH]c2ncnc(N)c2c1C. The van der Waals surface area contributed by atoms with Gasteiger partial charge in [-0.05, 0) is 18.9 Å². The highest BCUT2D eigenvalue weighted by atomic mass is 15.0. The van der Waals surface area contributed by atoms with Crippen LogP contribution in [0.4, 0.5) is 5.82 Å². The molecule has 2 aromatic heterocycles. The fraction of sp³-hybridized carbons (Fsp3) is 0.400. The molecule has 0 amide bonds. The second-order valence-electron chi connectivity index (χ2n) is 3.46. The topological polar surface area (TPSA) is 67.6 Å². The van der Waals surface area contributed by atoms with Crippen molar-refractivity contribution < 1.29 is 0 Å². The number of nitrogens with zero attached hydrogens (tertiary/aromatic N) is 2. The number of aromatic amines is 1. The zero-order chi connectivity index (χ0) is 10.1. The van der Waals surface area contributed by atoms with Gasteiger partial charge in [-0.15, -0.1) is 0 Å². The van der Waals surface area contributed by atoms with Crippen LogP contribution >= 0.6 is 0 Å². The summed E-state index contributed by atoms with van der Waals surface area (Å²) in [5, 5.41) is 0.968. The first kappa shape index (κ1) is 8.99. The molecule has 3 N–H and O–H groups in total. The number of nitrogen functional groups attached to an aromatic ring is 1. The number of aryl methyl sites for hydroxylation is 2. The van der Waals surface area contributed by atoms with Gasteiger partial charge in [0, 0.05) is 5.69 Å². The van der Waals surface area contributed by atoms with E-state index in [9.17, 15) is 0 Å². The molecule has 2 aromatic rings. The summed E-state index contributed by atoms with van der Waals surface area (Å²) in [7, 11) is 0. The average molecular weight is 190 g/mol. The molecule has 0 bridgehead atoms. The number of nitrogens with one attached hydrogen (secondary N) is 1. The number of H-pyrrole nitrogens is 1. The lowest BCUT2D eigenvalue weighted by atomic mass is 10.1. The molecule has 0 saturated heterocycles. The van der Waals surface area contributed by atoms with Crippen LogP contribution in [-0.2, 0) is 6.42 Å². The Morgan fingerprint density at radius 3 is 2.86 bits per heavy atom. The van der Waals surface area contributed by atoms with E-state index in [0.717, 1.165) is 23.9 Å². The van der Waals surface area contributed by atoms with Crippen LogP contribution in [0.25, 0.3) is 11.0 Å². The van der Waals surface area contributed by atoms with Gasteiger partial charge < -0.3 is 10.7 Å². The largest absolute Gasteiger partial charge is 0.383 e. The van der Waals surface area contributed by atoms with Gasteiger partial charge in [0.2, 0.25) is 0 Å². The molecule has 2 heterocycles. The normalized spacial score (nSPS) is 11.0. The van der Waals surface area contributed by atoms with E-state index in [-0.39, 0.29) is 0 Å². The summed E-state index contributed by atoms with van der Waals surface area (Å²) >= 11 is 0. The minimum absolute atomic E-state index is 0.561. The molecule has 0 aromatic carbocycles. The Balaban J connectivity index is 2.68. The maximum Gasteiger partial charge on any atom is 0.143 e. The Morgan fingerprint density at radius 2 is 2.21 bits per heavy atom. The molecule has 0 fully saturated rings. The van der Waals surface area contributed by atoms with Crippen molar-refractivity contribution in [3.63, 3.8) is 0 Å². The monoisotopic (exact) mass is 190 g/mol. The molecule has 0 unspecified atom stereocenters. The molecule has 74 valence electrons. The fourth-order valence-electron chi connectivity index (χ4n) is 1.75. The Hall–Kier alpha value is -1.58. The molecule has 0 atom stereocenters. The lowest BCUT2D eigenvalue weighted by Gasteiger charge is -1.96. The molecule has 0 aliphatic carbocycles. The van der Waals surface area contributed by atoms with Crippen LogP contribution in [-0.4, -0.2) is 15.0 Å². The van der Waals surface area contributed by atoms with Crippen molar-refractivity contribution in [1.82, 2.24) is 15.0 Å². The summed E-state index contributed by atoms with van der Waals surface area (Å²) in [6.45, 7) is 4.21. The third kappa shape index (κ3) is 1.23. The zero-order valence-electron chi connectivity index (χ0n) is 8.46. The minimum atomic E-state index is 0.561. The third-order valence-electron chi connectivity index (χ3n) is 2.47. The van der Waals surface area contributed by atoms with E-state index in [4.69, 9.17) is 5.73 Å². The number of hydrogen-bond donors (Lipinski definition) is 2. The van der Waals surface area contributed by atoms with Crippen LogP contribution in [0, 0.1) is 6.92 Å². The number of aromatic nitrogens is 3. The van der Waals surface area contributed by atoms with Crippen LogP contribution in [0.5, 0.6) is 0 Å². The average Bonchev–Trinajstić information content (AvgIpc) is 2.46. The van der Waals surface area contributed by atoms with Crippen molar-refractivity contribution in [3.05, 3.63) is 17.6 Å². The highest BCUT2D eigenvalue weighted by Gasteiger charge is 2.10. The fourth-order valence-corrected chi connectivity index (χ4v) is 1.75. The van der Waals surface area contributed by atoms with Crippen LogP contribution in [0.3, 0.4) is 0 Å². The molecule has 0 saturated carbocycles. The third-order valence-corrected chi connectivity index (χ3v) is 2.47. The van der Waals surface area contributed by atoms with Crippen molar-refractivity contribution in [2.75, 3.05) is 5.73 Å². The second kappa shape index (κ2) is 3.29. The van der Waals surface area contributed by atoms with E-state index in [1.165, 1.54) is 17.6 Å². The summed E-state index contributed by atoms with van der Waals surface area (Å²) in [5.41, 5.74) is 9.04. The van der Waals surface area contributed by atoms with Gasteiger partial charge in [0.1, 0.15) is 17.8 Å². The molecule has 0 aliphatic rings. The van der Waals surface area contributed by atoms with Gasteiger partial charge >= 0.3 is 0 Å². The molecule has 14 heavy (non-hydrogen) atoms. The summed E-state index contributed by atoms with van der Waals surface area (Å²) in [5.74, 6) is 0.561. The number of nitrogens with two attached hydrogens (primary N) is 1. The smallest absolute Gasteiger partial charge is 0.143 e. The van der Waals surface area contributed by atoms with E-state index in [0.29, 0.717) is 5.82 Å². The summed E-state index contributed by atoms with van der Waals surface area (Å²) in [6.07, 6.45) is 3.63.